The third kappa shape index (κ3) is 7.39. The zero-order valence-electron chi connectivity index (χ0n) is 17.9. The van der Waals surface area contributed by atoms with E-state index in [1.807, 2.05) is 17.0 Å². The van der Waals surface area contributed by atoms with Gasteiger partial charge in [0.2, 0.25) is 5.91 Å². The van der Waals surface area contributed by atoms with Crippen molar-refractivity contribution in [2.24, 2.45) is 4.99 Å². The zero-order valence-corrected chi connectivity index (χ0v) is 20.2. The van der Waals surface area contributed by atoms with Crippen LogP contribution in [-0.2, 0) is 30.5 Å². The lowest BCUT2D eigenvalue weighted by molar-refractivity contribution is -0.137. The van der Waals surface area contributed by atoms with Crippen molar-refractivity contribution >= 4 is 35.8 Å². The van der Waals surface area contributed by atoms with Gasteiger partial charge in [0, 0.05) is 39.6 Å². The number of guanidine groups is 1. The highest BCUT2D eigenvalue weighted by molar-refractivity contribution is 14.0. The van der Waals surface area contributed by atoms with Gasteiger partial charge in [-0.05, 0) is 41.7 Å². The van der Waals surface area contributed by atoms with E-state index in [2.05, 4.69) is 27.8 Å². The number of halogens is 4. The average Bonchev–Trinajstić information content (AvgIpc) is 2.77. The number of alkyl halides is 3. The van der Waals surface area contributed by atoms with E-state index in [1.54, 1.807) is 7.05 Å². The quantitative estimate of drug-likeness (QED) is 0.239. The van der Waals surface area contributed by atoms with Gasteiger partial charge in [0.1, 0.15) is 0 Å². The fraction of sp³-hybridized carbons (Fsp3) is 0.391. The van der Waals surface area contributed by atoms with Crippen LogP contribution in [0.4, 0.5) is 13.2 Å². The van der Waals surface area contributed by atoms with E-state index in [-0.39, 0.29) is 29.9 Å². The Hall–Kier alpha value is -2.30. The lowest BCUT2D eigenvalue weighted by Gasteiger charge is -2.29. The minimum atomic E-state index is -4.33. The Balaban J connectivity index is 0.00000363. The lowest BCUT2D eigenvalue weighted by atomic mass is 9.99. The van der Waals surface area contributed by atoms with Gasteiger partial charge in [-0.2, -0.15) is 13.2 Å². The van der Waals surface area contributed by atoms with Gasteiger partial charge in [-0.3, -0.25) is 9.79 Å². The van der Waals surface area contributed by atoms with Crippen LogP contribution in [0.25, 0.3) is 0 Å². The number of carbonyl (C=O) groups excluding carboxylic acids is 1. The molecule has 174 valence electrons. The molecule has 0 spiro atoms. The van der Waals surface area contributed by atoms with Crippen molar-refractivity contribution in [1.82, 2.24) is 15.5 Å². The fourth-order valence-corrected chi connectivity index (χ4v) is 3.53. The summed E-state index contributed by atoms with van der Waals surface area (Å²) in [7, 11) is 1.62. The van der Waals surface area contributed by atoms with Crippen LogP contribution in [0.2, 0.25) is 0 Å². The number of benzene rings is 2. The summed E-state index contributed by atoms with van der Waals surface area (Å²) in [5.41, 5.74) is 2.58. The molecular weight excluding hydrogens is 532 g/mol. The molecule has 2 N–H and O–H groups in total. The highest BCUT2D eigenvalue weighted by atomic mass is 127. The van der Waals surface area contributed by atoms with Gasteiger partial charge in [0.25, 0.3) is 0 Å². The van der Waals surface area contributed by atoms with E-state index in [9.17, 15) is 18.0 Å². The summed E-state index contributed by atoms with van der Waals surface area (Å²) in [6.45, 7) is 2.34. The maximum absolute atomic E-state index is 12.6. The molecule has 0 unspecified atom stereocenters. The fourth-order valence-electron chi connectivity index (χ4n) is 3.53. The first-order chi connectivity index (χ1) is 14.9. The summed E-state index contributed by atoms with van der Waals surface area (Å²) >= 11 is 0. The van der Waals surface area contributed by atoms with Crippen LogP contribution >= 0.6 is 24.0 Å². The minimum absolute atomic E-state index is 0. The number of amides is 1. The van der Waals surface area contributed by atoms with Crippen LogP contribution in [0.1, 0.15) is 35.1 Å². The Bertz CT molecular complexity index is 916. The van der Waals surface area contributed by atoms with Crippen molar-refractivity contribution in [1.29, 1.82) is 0 Å². The van der Waals surface area contributed by atoms with Crippen molar-refractivity contribution in [3.63, 3.8) is 0 Å². The van der Waals surface area contributed by atoms with Crippen molar-refractivity contribution in [2.45, 2.75) is 38.5 Å². The molecule has 0 atom stereocenters. The van der Waals surface area contributed by atoms with Crippen LogP contribution in [-0.4, -0.2) is 36.9 Å². The monoisotopic (exact) mass is 560 g/mol. The van der Waals surface area contributed by atoms with Gasteiger partial charge in [0.15, 0.2) is 5.96 Å². The third-order valence-corrected chi connectivity index (χ3v) is 5.31. The second kappa shape index (κ2) is 12.1. The Labute approximate surface area is 203 Å². The molecule has 0 fully saturated rings. The second-order valence-corrected chi connectivity index (χ2v) is 7.48. The lowest BCUT2D eigenvalue weighted by Crippen LogP contribution is -2.38. The Morgan fingerprint density at radius 3 is 2.41 bits per heavy atom. The molecule has 0 saturated carbocycles. The van der Waals surface area contributed by atoms with Crippen molar-refractivity contribution in [3.05, 3.63) is 70.8 Å². The van der Waals surface area contributed by atoms with Crippen LogP contribution in [0, 0.1) is 0 Å². The van der Waals surface area contributed by atoms with E-state index in [4.69, 9.17) is 0 Å². The molecular formula is C23H28F3IN4O. The van der Waals surface area contributed by atoms with Crippen molar-refractivity contribution in [2.75, 3.05) is 20.1 Å². The summed E-state index contributed by atoms with van der Waals surface area (Å²) in [5.74, 6) is 0.684. The molecule has 0 bridgehead atoms. The predicted molar refractivity (Wildman–Crippen MR) is 130 cm³/mol. The molecule has 2 aromatic carbocycles. The maximum atomic E-state index is 12.6. The molecule has 9 heteroatoms. The first-order valence-electron chi connectivity index (χ1n) is 10.3. The first kappa shape index (κ1) is 26.0. The second-order valence-electron chi connectivity index (χ2n) is 7.48. The number of aliphatic imine (C=N–C) groups is 1. The van der Waals surface area contributed by atoms with E-state index in [0.29, 0.717) is 38.4 Å². The number of rotatable bonds is 6. The molecule has 1 aliphatic heterocycles. The molecule has 5 nitrogen and oxygen atoms in total. The number of hydrogen-bond acceptors (Lipinski definition) is 2. The maximum Gasteiger partial charge on any atom is 0.416 e. The van der Waals surface area contributed by atoms with E-state index < -0.39 is 11.7 Å². The standard InChI is InChI=1S/C23H27F3N4O.HI/c1-27-22(29-15-17-8-10-20(11-9-17)23(24,25)26)28-13-4-7-21(31)30-14-12-18-5-2-3-6-19(18)16-30;/h2-3,5-6,8-11H,4,7,12-16H2,1H3,(H2,27,28,29);1H. The number of fused-ring (bicyclic) bond motifs is 1. The number of hydrogen-bond donors (Lipinski definition) is 2. The molecule has 0 aliphatic carbocycles. The smallest absolute Gasteiger partial charge is 0.356 e. The van der Waals surface area contributed by atoms with Gasteiger partial charge < -0.3 is 15.5 Å². The molecule has 1 amide bonds. The van der Waals surface area contributed by atoms with Crippen LogP contribution in [0.3, 0.4) is 0 Å². The molecule has 1 aliphatic rings. The van der Waals surface area contributed by atoms with E-state index >= 15 is 0 Å². The molecule has 1 heterocycles. The number of nitrogens with zero attached hydrogens (tertiary/aromatic N) is 2. The zero-order chi connectivity index (χ0) is 22.3. The largest absolute Gasteiger partial charge is 0.416 e. The number of nitrogens with one attached hydrogen (secondary N) is 2. The van der Waals surface area contributed by atoms with Crippen LogP contribution in [0.5, 0.6) is 0 Å². The molecule has 0 aromatic heterocycles. The molecule has 32 heavy (non-hydrogen) atoms. The third-order valence-electron chi connectivity index (χ3n) is 5.31. The Morgan fingerprint density at radius 1 is 1.06 bits per heavy atom. The normalized spacial score (nSPS) is 13.8. The van der Waals surface area contributed by atoms with Crippen molar-refractivity contribution in [3.8, 4) is 0 Å². The molecule has 3 rings (SSSR count). The Morgan fingerprint density at radius 2 is 1.75 bits per heavy atom. The average molecular weight is 560 g/mol. The van der Waals surface area contributed by atoms with E-state index in [0.717, 1.165) is 30.7 Å². The summed E-state index contributed by atoms with van der Waals surface area (Å²) in [5, 5.41) is 6.21. The summed E-state index contributed by atoms with van der Waals surface area (Å²) in [4.78, 5) is 18.5. The predicted octanol–water partition coefficient (Wildman–Crippen LogP) is 4.35. The van der Waals surface area contributed by atoms with Crippen LogP contribution < -0.4 is 10.6 Å². The molecule has 0 radical (unpaired) electrons. The minimum Gasteiger partial charge on any atom is -0.356 e. The molecule has 2 aromatic rings. The SMILES string of the molecule is CN=C(NCCCC(=O)N1CCc2ccccc2C1)NCc1ccc(C(F)(F)F)cc1.I. The summed E-state index contributed by atoms with van der Waals surface area (Å²) in [6, 6.07) is 13.2. The van der Waals surface area contributed by atoms with Gasteiger partial charge in [-0.25, -0.2) is 0 Å². The Kier molecular flexibility index (Phi) is 9.80. The highest BCUT2D eigenvalue weighted by Crippen LogP contribution is 2.29. The molecule has 0 saturated heterocycles. The summed E-state index contributed by atoms with van der Waals surface area (Å²) in [6.07, 6.45) is -2.33. The van der Waals surface area contributed by atoms with Gasteiger partial charge in [-0.1, -0.05) is 36.4 Å². The number of carbonyl (C=O) groups is 1. The van der Waals surface area contributed by atoms with E-state index in [1.165, 1.54) is 23.3 Å². The first-order valence-corrected chi connectivity index (χ1v) is 10.3. The summed E-state index contributed by atoms with van der Waals surface area (Å²) < 4.78 is 37.9. The van der Waals surface area contributed by atoms with Gasteiger partial charge in [0.05, 0.1) is 5.56 Å². The van der Waals surface area contributed by atoms with Gasteiger partial charge >= 0.3 is 6.18 Å². The highest BCUT2D eigenvalue weighted by Gasteiger charge is 2.29. The van der Waals surface area contributed by atoms with Crippen LogP contribution in [0.15, 0.2) is 53.5 Å². The van der Waals surface area contributed by atoms with Crippen molar-refractivity contribution < 1.29 is 18.0 Å². The topological polar surface area (TPSA) is 56.7 Å². The van der Waals surface area contributed by atoms with Gasteiger partial charge in [-0.15, -0.1) is 24.0 Å².